The van der Waals surface area contributed by atoms with Gasteiger partial charge < -0.3 is 5.11 Å². The number of carbonyl (C=O) groups excluding carboxylic acids is 1. The van der Waals surface area contributed by atoms with Gasteiger partial charge in [-0.1, -0.05) is 6.92 Å². The van der Waals surface area contributed by atoms with Crippen molar-refractivity contribution in [2.24, 2.45) is 0 Å². The third-order valence-corrected chi connectivity index (χ3v) is 2.32. The maximum atomic E-state index is 10.9. The van der Waals surface area contributed by atoms with Crippen molar-refractivity contribution in [3.05, 3.63) is 34.4 Å². The molecule has 16 heavy (non-hydrogen) atoms. The van der Waals surface area contributed by atoms with Gasteiger partial charge in [0.2, 0.25) is 0 Å². The summed E-state index contributed by atoms with van der Waals surface area (Å²) in [7, 11) is 0. The van der Waals surface area contributed by atoms with E-state index in [1.807, 2.05) is 13.0 Å². The van der Waals surface area contributed by atoms with Gasteiger partial charge in [0.15, 0.2) is 6.29 Å². The molecule has 82 valence electrons. The SMILES string of the molecule is CCc1cc(C#N)cc(CC(=O)O)c1C=O. The van der Waals surface area contributed by atoms with E-state index >= 15 is 0 Å². The molecule has 0 saturated heterocycles. The Morgan fingerprint density at radius 3 is 2.56 bits per heavy atom. The number of hydrogen-bond donors (Lipinski definition) is 1. The lowest BCUT2D eigenvalue weighted by Crippen LogP contribution is -2.06. The van der Waals surface area contributed by atoms with Crippen molar-refractivity contribution in [1.82, 2.24) is 0 Å². The van der Waals surface area contributed by atoms with Gasteiger partial charge >= 0.3 is 5.97 Å². The fourth-order valence-corrected chi connectivity index (χ4v) is 1.60. The zero-order valence-corrected chi connectivity index (χ0v) is 8.86. The molecule has 1 rings (SSSR count). The molecule has 0 aliphatic carbocycles. The number of rotatable bonds is 4. The molecule has 0 aliphatic heterocycles. The third-order valence-electron chi connectivity index (χ3n) is 2.32. The number of hydrogen-bond acceptors (Lipinski definition) is 3. The van der Waals surface area contributed by atoms with Crippen molar-refractivity contribution in [3.8, 4) is 6.07 Å². The molecule has 4 heteroatoms. The summed E-state index contributed by atoms with van der Waals surface area (Å²) in [6, 6.07) is 5.03. The molecule has 0 atom stereocenters. The average molecular weight is 217 g/mol. The van der Waals surface area contributed by atoms with Crippen LogP contribution in [0.15, 0.2) is 12.1 Å². The Kier molecular flexibility index (Phi) is 3.78. The Labute approximate surface area is 93.1 Å². The second-order valence-corrected chi connectivity index (χ2v) is 3.36. The molecule has 0 aromatic heterocycles. The largest absolute Gasteiger partial charge is 0.481 e. The number of aldehydes is 1. The van der Waals surface area contributed by atoms with E-state index in [-0.39, 0.29) is 6.42 Å². The van der Waals surface area contributed by atoms with Crippen LogP contribution in [-0.4, -0.2) is 17.4 Å². The monoisotopic (exact) mass is 217 g/mol. The number of carbonyl (C=O) groups is 2. The highest BCUT2D eigenvalue weighted by atomic mass is 16.4. The molecule has 0 aliphatic rings. The molecule has 0 unspecified atom stereocenters. The van der Waals surface area contributed by atoms with E-state index in [1.54, 1.807) is 6.07 Å². The quantitative estimate of drug-likeness (QED) is 0.776. The van der Waals surface area contributed by atoms with Gasteiger partial charge in [0.05, 0.1) is 18.1 Å². The smallest absolute Gasteiger partial charge is 0.307 e. The van der Waals surface area contributed by atoms with Crippen LogP contribution in [0.2, 0.25) is 0 Å². The van der Waals surface area contributed by atoms with Gasteiger partial charge in [0.1, 0.15) is 0 Å². The second-order valence-electron chi connectivity index (χ2n) is 3.36. The third kappa shape index (κ3) is 2.45. The zero-order chi connectivity index (χ0) is 12.1. The summed E-state index contributed by atoms with van der Waals surface area (Å²) in [4.78, 5) is 21.5. The summed E-state index contributed by atoms with van der Waals surface area (Å²) >= 11 is 0. The second kappa shape index (κ2) is 5.08. The molecule has 1 aromatic carbocycles. The molecular formula is C12H11NO3. The molecule has 4 nitrogen and oxygen atoms in total. The van der Waals surface area contributed by atoms with Gasteiger partial charge in [-0.25, -0.2) is 0 Å². The van der Waals surface area contributed by atoms with Gasteiger partial charge in [-0.3, -0.25) is 9.59 Å². The van der Waals surface area contributed by atoms with Crippen molar-refractivity contribution in [1.29, 1.82) is 5.26 Å². The van der Waals surface area contributed by atoms with E-state index < -0.39 is 5.97 Å². The number of aryl methyl sites for hydroxylation is 1. The molecule has 0 radical (unpaired) electrons. The first-order chi connectivity index (χ1) is 7.62. The first-order valence-corrected chi connectivity index (χ1v) is 4.85. The first-order valence-electron chi connectivity index (χ1n) is 4.85. The van der Waals surface area contributed by atoms with Crippen molar-refractivity contribution in [3.63, 3.8) is 0 Å². The lowest BCUT2D eigenvalue weighted by atomic mass is 9.95. The Morgan fingerprint density at radius 1 is 1.50 bits per heavy atom. The summed E-state index contributed by atoms with van der Waals surface area (Å²) < 4.78 is 0. The predicted molar refractivity (Wildman–Crippen MR) is 57.3 cm³/mol. The van der Waals surface area contributed by atoms with Gasteiger partial charge in [-0.05, 0) is 29.7 Å². The lowest BCUT2D eigenvalue weighted by Gasteiger charge is -2.08. The summed E-state index contributed by atoms with van der Waals surface area (Å²) in [5, 5.41) is 17.5. The Bertz CT molecular complexity index is 472. The maximum Gasteiger partial charge on any atom is 0.307 e. The minimum Gasteiger partial charge on any atom is -0.481 e. The molecule has 0 spiro atoms. The van der Waals surface area contributed by atoms with Crippen molar-refractivity contribution < 1.29 is 14.7 Å². The minimum atomic E-state index is -1.01. The van der Waals surface area contributed by atoms with E-state index in [4.69, 9.17) is 10.4 Å². The van der Waals surface area contributed by atoms with Gasteiger partial charge in [-0.2, -0.15) is 5.26 Å². The van der Waals surface area contributed by atoms with E-state index in [9.17, 15) is 9.59 Å². The lowest BCUT2D eigenvalue weighted by molar-refractivity contribution is -0.136. The zero-order valence-electron chi connectivity index (χ0n) is 8.86. The Morgan fingerprint density at radius 2 is 2.12 bits per heavy atom. The molecule has 0 fully saturated rings. The van der Waals surface area contributed by atoms with Gasteiger partial charge in [-0.15, -0.1) is 0 Å². The van der Waals surface area contributed by atoms with Crippen LogP contribution in [0.4, 0.5) is 0 Å². The summed E-state index contributed by atoms with van der Waals surface area (Å²) in [5.41, 5.74) is 1.89. The molecule has 0 saturated carbocycles. The highest BCUT2D eigenvalue weighted by molar-refractivity contribution is 5.83. The highest BCUT2D eigenvalue weighted by Gasteiger charge is 2.12. The molecular weight excluding hydrogens is 206 g/mol. The number of nitrogens with zero attached hydrogens (tertiary/aromatic N) is 1. The molecule has 1 aromatic rings. The number of carboxylic acids is 1. The normalized spacial score (nSPS) is 9.50. The van der Waals surface area contributed by atoms with Gasteiger partial charge in [0, 0.05) is 5.56 Å². The van der Waals surface area contributed by atoms with Crippen LogP contribution in [0.1, 0.15) is 34.0 Å². The minimum absolute atomic E-state index is 0.239. The van der Waals surface area contributed by atoms with E-state index in [0.717, 1.165) is 0 Å². The van der Waals surface area contributed by atoms with Crippen LogP contribution in [0.25, 0.3) is 0 Å². The van der Waals surface area contributed by atoms with Crippen molar-refractivity contribution >= 4 is 12.3 Å². The van der Waals surface area contributed by atoms with E-state index in [0.29, 0.717) is 35.0 Å². The number of aliphatic carboxylic acids is 1. The van der Waals surface area contributed by atoms with Gasteiger partial charge in [0.25, 0.3) is 0 Å². The molecule has 0 bridgehead atoms. The maximum absolute atomic E-state index is 10.9. The Hall–Kier alpha value is -2.15. The summed E-state index contributed by atoms with van der Waals surface area (Å²) in [5.74, 6) is -1.01. The fourth-order valence-electron chi connectivity index (χ4n) is 1.60. The summed E-state index contributed by atoms with van der Waals surface area (Å²) in [6.07, 6.45) is 1.01. The average Bonchev–Trinajstić information content (AvgIpc) is 2.27. The molecule has 1 N–H and O–H groups in total. The summed E-state index contributed by atoms with van der Waals surface area (Å²) in [6.45, 7) is 1.86. The van der Waals surface area contributed by atoms with Crippen LogP contribution in [0, 0.1) is 11.3 Å². The molecule has 0 amide bonds. The van der Waals surface area contributed by atoms with E-state index in [1.165, 1.54) is 6.07 Å². The molecule has 0 heterocycles. The standard InChI is InChI=1S/C12H11NO3/c1-2-9-3-8(6-13)4-10(5-12(15)16)11(9)7-14/h3-4,7H,2,5H2,1H3,(H,15,16). The van der Waals surface area contributed by atoms with Crippen molar-refractivity contribution in [2.75, 3.05) is 0 Å². The highest BCUT2D eigenvalue weighted by Crippen LogP contribution is 2.17. The van der Waals surface area contributed by atoms with Crippen LogP contribution < -0.4 is 0 Å². The number of nitriles is 1. The van der Waals surface area contributed by atoms with Crippen LogP contribution in [-0.2, 0) is 17.6 Å². The first kappa shape index (κ1) is 11.9. The fraction of sp³-hybridized carbons (Fsp3) is 0.250. The number of carboxylic acid groups (broad SMARTS) is 1. The predicted octanol–water partition coefficient (Wildman–Crippen LogP) is 1.56. The Balaban J connectivity index is 3.37. The van der Waals surface area contributed by atoms with E-state index in [2.05, 4.69) is 0 Å². The van der Waals surface area contributed by atoms with Crippen LogP contribution >= 0.6 is 0 Å². The van der Waals surface area contributed by atoms with Crippen LogP contribution in [0.3, 0.4) is 0 Å². The topological polar surface area (TPSA) is 78.2 Å². The van der Waals surface area contributed by atoms with Crippen molar-refractivity contribution in [2.45, 2.75) is 19.8 Å². The number of benzene rings is 1. The van der Waals surface area contributed by atoms with Crippen LogP contribution in [0.5, 0.6) is 0 Å².